The van der Waals surface area contributed by atoms with Gasteiger partial charge in [0.1, 0.15) is 5.60 Å². The number of hydrogen-bond acceptors (Lipinski definition) is 3. The molecule has 1 aliphatic heterocycles. The molecule has 1 fully saturated rings. The molecule has 1 heterocycles. The van der Waals surface area contributed by atoms with Gasteiger partial charge in [0.05, 0.1) is 0 Å². The zero-order valence-electron chi connectivity index (χ0n) is 15.6. The monoisotopic (exact) mass is 354 g/mol. The molecule has 0 spiro atoms. The van der Waals surface area contributed by atoms with Gasteiger partial charge in [-0.15, -0.1) is 0 Å². The van der Waals surface area contributed by atoms with E-state index in [9.17, 15) is 9.59 Å². The van der Waals surface area contributed by atoms with Crippen molar-refractivity contribution in [3.63, 3.8) is 0 Å². The van der Waals surface area contributed by atoms with Gasteiger partial charge in [0.2, 0.25) is 5.91 Å². The number of carbonyl (C=O) groups excluding carboxylic acids is 2. The van der Waals surface area contributed by atoms with Crippen molar-refractivity contribution in [2.75, 3.05) is 13.1 Å². The molecule has 5 heteroatoms. The second-order valence-electron chi connectivity index (χ2n) is 7.85. The maximum Gasteiger partial charge on any atom is 0.410 e. The highest BCUT2D eigenvalue weighted by atomic mass is 16.6. The number of piperidine rings is 1. The number of primary amides is 1. The average molecular weight is 354 g/mol. The number of carbonyl (C=O) groups is 2. The molecular weight excluding hydrogens is 328 g/mol. The second-order valence-corrected chi connectivity index (χ2v) is 7.85. The lowest BCUT2D eigenvalue weighted by Gasteiger charge is -2.34. The Bertz CT molecular complexity index is 831. The molecule has 5 nitrogen and oxygen atoms in total. The minimum Gasteiger partial charge on any atom is -0.444 e. The van der Waals surface area contributed by atoms with Crippen molar-refractivity contribution in [3.8, 4) is 0 Å². The van der Waals surface area contributed by atoms with Crippen LogP contribution in [0.15, 0.2) is 36.4 Å². The Balaban J connectivity index is 1.79. The first-order chi connectivity index (χ1) is 12.3. The maximum absolute atomic E-state index is 12.2. The molecule has 0 aromatic heterocycles. The van der Waals surface area contributed by atoms with Crippen molar-refractivity contribution in [1.29, 1.82) is 0 Å². The molecule has 0 aliphatic carbocycles. The summed E-state index contributed by atoms with van der Waals surface area (Å²) >= 11 is 0. The molecule has 0 saturated carbocycles. The van der Waals surface area contributed by atoms with Crippen LogP contribution in [0.4, 0.5) is 4.79 Å². The number of benzene rings is 2. The van der Waals surface area contributed by atoms with Gasteiger partial charge in [-0.05, 0) is 61.9 Å². The van der Waals surface area contributed by atoms with Crippen molar-refractivity contribution in [1.82, 2.24) is 4.90 Å². The van der Waals surface area contributed by atoms with E-state index in [1.165, 1.54) is 5.56 Å². The number of ether oxygens (including phenoxy) is 1. The van der Waals surface area contributed by atoms with Crippen molar-refractivity contribution in [2.24, 2.45) is 5.73 Å². The zero-order chi connectivity index (χ0) is 18.9. The molecule has 1 aliphatic rings. The largest absolute Gasteiger partial charge is 0.444 e. The smallest absolute Gasteiger partial charge is 0.410 e. The summed E-state index contributed by atoms with van der Waals surface area (Å²) in [5, 5.41) is 1.96. The lowest BCUT2D eigenvalue weighted by atomic mass is 9.85. The molecule has 26 heavy (non-hydrogen) atoms. The van der Waals surface area contributed by atoms with Crippen LogP contribution in [-0.2, 0) is 4.74 Å². The van der Waals surface area contributed by atoms with E-state index < -0.39 is 11.5 Å². The predicted molar refractivity (Wildman–Crippen MR) is 102 cm³/mol. The molecule has 0 radical (unpaired) electrons. The molecule has 2 N–H and O–H groups in total. The van der Waals surface area contributed by atoms with Gasteiger partial charge in [0.15, 0.2) is 0 Å². The quantitative estimate of drug-likeness (QED) is 0.884. The fraction of sp³-hybridized carbons (Fsp3) is 0.429. The normalized spacial score (nSPS) is 15.9. The van der Waals surface area contributed by atoms with E-state index in [0.717, 1.165) is 23.6 Å². The maximum atomic E-state index is 12.2. The Hall–Kier alpha value is -2.56. The van der Waals surface area contributed by atoms with Crippen LogP contribution in [0.2, 0.25) is 0 Å². The fourth-order valence-electron chi connectivity index (χ4n) is 3.59. The highest BCUT2D eigenvalue weighted by molar-refractivity contribution is 6.07. The van der Waals surface area contributed by atoms with Crippen LogP contribution in [0.1, 0.15) is 55.5 Å². The molecule has 0 unspecified atom stereocenters. The Morgan fingerprint density at radius 3 is 2.23 bits per heavy atom. The zero-order valence-corrected chi connectivity index (χ0v) is 15.6. The van der Waals surface area contributed by atoms with E-state index in [1.54, 1.807) is 4.90 Å². The van der Waals surface area contributed by atoms with E-state index in [4.69, 9.17) is 10.5 Å². The van der Waals surface area contributed by atoms with Crippen molar-refractivity contribution < 1.29 is 14.3 Å². The highest BCUT2D eigenvalue weighted by Gasteiger charge is 2.28. The van der Waals surface area contributed by atoms with Crippen LogP contribution < -0.4 is 5.73 Å². The van der Waals surface area contributed by atoms with E-state index in [2.05, 4.69) is 0 Å². The van der Waals surface area contributed by atoms with Crippen LogP contribution in [0.3, 0.4) is 0 Å². The van der Waals surface area contributed by atoms with Gasteiger partial charge in [-0.3, -0.25) is 4.79 Å². The minimum atomic E-state index is -0.477. The number of nitrogens with two attached hydrogens (primary N) is 1. The fourth-order valence-corrected chi connectivity index (χ4v) is 3.59. The van der Waals surface area contributed by atoms with Gasteiger partial charge < -0.3 is 15.4 Å². The number of hydrogen-bond donors (Lipinski definition) is 1. The van der Waals surface area contributed by atoms with E-state index in [1.807, 2.05) is 57.2 Å². The van der Waals surface area contributed by atoms with Crippen molar-refractivity contribution in [2.45, 2.75) is 45.1 Å². The first-order valence-corrected chi connectivity index (χ1v) is 9.05. The lowest BCUT2D eigenvalue weighted by molar-refractivity contribution is 0.0205. The first-order valence-electron chi connectivity index (χ1n) is 9.05. The van der Waals surface area contributed by atoms with Gasteiger partial charge in [0.25, 0.3) is 0 Å². The predicted octanol–water partition coefficient (Wildman–Crippen LogP) is 4.05. The highest BCUT2D eigenvalue weighted by Crippen LogP contribution is 2.34. The Kier molecular flexibility index (Phi) is 4.90. The number of rotatable bonds is 2. The van der Waals surface area contributed by atoms with Crippen molar-refractivity contribution >= 4 is 22.8 Å². The van der Waals surface area contributed by atoms with E-state index >= 15 is 0 Å². The van der Waals surface area contributed by atoms with Crippen LogP contribution in [0.5, 0.6) is 0 Å². The number of nitrogens with zero attached hydrogens (tertiary/aromatic N) is 1. The third kappa shape index (κ3) is 3.82. The Morgan fingerprint density at radius 1 is 1.04 bits per heavy atom. The van der Waals surface area contributed by atoms with Crippen molar-refractivity contribution in [3.05, 3.63) is 47.5 Å². The SMILES string of the molecule is CC(C)(C)OC(=O)N1CCC(c2ccc(C(N)=O)c3ccccc23)CC1. The summed E-state index contributed by atoms with van der Waals surface area (Å²) < 4.78 is 5.47. The molecule has 1 saturated heterocycles. The summed E-state index contributed by atoms with van der Waals surface area (Å²) in [6.07, 6.45) is 1.50. The molecule has 2 aromatic carbocycles. The van der Waals surface area contributed by atoms with Gasteiger partial charge in [-0.2, -0.15) is 0 Å². The van der Waals surface area contributed by atoms with Crippen LogP contribution in [-0.4, -0.2) is 35.6 Å². The topological polar surface area (TPSA) is 72.6 Å². The summed E-state index contributed by atoms with van der Waals surface area (Å²) in [7, 11) is 0. The summed E-state index contributed by atoms with van der Waals surface area (Å²) in [4.78, 5) is 25.7. The lowest BCUT2D eigenvalue weighted by Crippen LogP contribution is -2.41. The third-order valence-corrected chi connectivity index (χ3v) is 4.81. The van der Waals surface area contributed by atoms with Crippen LogP contribution in [0, 0.1) is 0 Å². The number of amides is 2. The van der Waals surface area contributed by atoms with Crippen LogP contribution >= 0.6 is 0 Å². The van der Waals surface area contributed by atoms with Gasteiger partial charge in [-0.25, -0.2) is 4.79 Å². The number of likely N-dealkylation sites (tertiary alicyclic amines) is 1. The van der Waals surface area contributed by atoms with E-state index in [-0.39, 0.29) is 6.09 Å². The summed E-state index contributed by atoms with van der Waals surface area (Å²) in [5.41, 5.74) is 6.80. The average Bonchev–Trinajstić information content (AvgIpc) is 2.59. The Labute approximate surface area is 154 Å². The second kappa shape index (κ2) is 6.98. The molecule has 0 atom stereocenters. The molecule has 0 bridgehead atoms. The summed E-state index contributed by atoms with van der Waals surface area (Å²) in [6, 6.07) is 11.7. The minimum absolute atomic E-state index is 0.245. The summed E-state index contributed by atoms with van der Waals surface area (Å²) in [5.74, 6) is -0.0620. The third-order valence-electron chi connectivity index (χ3n) is 4.81. The van der Waals surface area contributed by atoms with E-state index in [0.29, 0.717) is 24.6 Å². The van der Waals surface area contributed by atoms with Crippen LogP contribution in [0.25, 0.3) is 10.8 Å². The standard InChI is InChI=1S/C21H26N2O3/c1-21(2,3)26-20(25)23-12-10-14(11-13-23)15-8-9-18(19(22)24)17-7-5-4-6-16(15)17/h4-9,14H,10-13H2,1-3H3,(H2,22,24). The molecular formula is C21H26N2O3. The van der Waals surface area contributed by atoms with Gasteiger partial charge in [-0.1, -0.05) is 30.3 Å². The first kappa shape index (κ1) is 18.2. The molecule has 3 rings (SSSR count). The van der Waals surface area contributed by atoms with Gasteiger partial charge >= 0.3 is 6.09 Å². The Morgan fingerprint density at radius 2 is 1.65 bits per heavy atom. The summed E-state index contributed by atoms with van der Waals surface area (Å²) in [6.45, 7) is 6.98. The molecule has 138 valence electrons. The van der Waals surface area contributed by atoms with Gasteiger partial charge in [0, 0.05) is 18.7 Å². The molecule has 2 aromatic rings. The molecule has 2 amide bonds. The number of fused-ring (bicyclic) bond motifs is 1.